The van der Waals surface area contributed by atoms with Crippen LogP contribution in [0.5, 0.6) is 0 Å². The lowest BCUT2D eigenvalue weighted by Crippen LogP contribution is -2.49. The van der Waals surface area contributed by atoms with E-state index in [0.717, 1.165) is 31.6 Å². The summed E-state index contributed by atoms with van der Waals surface area (Å²) >= 11 is 0. The summed E-state index contributed by atoms with van der Waals surface area (Å²) in [6.45, 7) is 6.49. The van der Waals surface area contributed by atoms with Gasteiger partial charge in [-0.1, -0.05) is 30.3 Å². The highest BCUT2D eigenvalue weighted by molar-refractivity contribution is 5.76. The molecule has 0 radical (unpaired) electrons. The number of amides is 1. The lowest BCUT2D eigenvalue weighted by molar-refractivity contribution is -0.135. The summed E-state index contributed by atoms with van der Waals surface area (Å²) in [5.74, 6) is 0.682. The van der Waals surface area contributed by atoms with Gasteiger partial charge in [0.1, 0.15) is 5.82 Å². The third-order valence-electron chi connectivity index (χ3n) is 6.99. The number of aliphatic hydroxyl groups is 1. The summed E-state index contributed by atoms with van der Waals surface area (Å²) in [5.41, 5.74) is -0.0417. The van der Waals surface area contributed by atoms with Gasteiger partial charge in [0, 0.05) is 38.2 Å². The summed E-state index contributed by atoms with van der Waals surface area (Å²) in [4.78, 5) is 33.9. The van der Waals surface area contributed by atoms with Crippen molar-refractivity contribution in [3.05, 3.63) is 58.6 Å². The molecule has 0 spiro atoms. The summed E-state index contributed by atoms with van der Waals surface area (Å²) in [6, 6.07) is 11.7. The molecule has 2 aliphatic heterocycles. The Morgan fingerprint density at radius 2 is 1.85 bits per heavy atom. The minimum Gasteiger partial charge on any atom is -0.388 e. The normalized spacial score (nSPS) is 19.2. The fraction of sp³-hybridized carbons (Fsp3) is 0.577. The second-order valence-electron chi connectivity index (χ2n) is 9.88. The van der Waals surface area contributed by atoms with Crippen molar-refractivity contribution >= 4 is 11.7 Å². The number of carbonyl (C=O) groups excluding carboxylic acids is 1. The zero-order valence-electron chi connectivity index (χ0n) is 20.2. The van der Waals surface area contributed by atoms with Gasteiger partial charge in [0.2, 0.25) is 5.91 Å². The molecule has 0 bridgehead atoms. The first-order valence-corrected chi connectivity index (χ1v) is 12.5. The molecular weight excluding hydrogens is 430 g/mol. The zero-order chi connectivity index (χ0) is 24.0. The number of piperidine rings is 1. The quantitative estimate of drug-likeness (QED) is 0.587. The van der Waals surface area contributed by atoms with Crippen LogP contribution in [0.15, 0.2) is 47.5 Å². The van der Waals surface area contributed by atoms with Crippen molar-refractivity contribution < 1.29 is 9.90 Å². The van der Waals surface area contributed by atoms with Crippen molar-refractivity contribution in [1.29, 1.82) is 0 Å². The number of likely N-dealkylation sites (tertiary alicyclic amines) is 2. The molecule has 2 aliphatic rings. The molecule has 3 heterocycles. The van der Waals surface area contributed by atoms with E-state index in [1.165, 1.54) is 29.8 Å². The molecule has 34 heavy (non-hydrogen) atoms. The first-order chi connectivity index (χ1) is 16.4. The molecule has 0 aliphatic carbocycles. The molecule has 0 saturated carbocycles. The van der Waals surface area contributed by atoms with Gasteiger partial charge in [0.15, 0.2) is 0 Å². The SMILES string of the molecule is CC(CN1CCCC1)Nc1cc(=O)n(CC2(O)CCN(C(=O)CCc3ccccc3)CC2)cn1. The molecule has 2 aromatic rings. The minimum absolute atomic E-state index is 0.114. The van der Waals surface area contributed by atoms with Gasteiger partial charge in [0.25, 0.3) is 5.56 Å². The number of aromatic nitrogens is 2. The Hall–Kier alpha value is -2.71. The molecule has 4 rings (SSSR count). The van der Waals surface area contributed by atoms with Crippen molar-refractivity contribution in [2.24, 2.45) is 0 Å². The highest BCUT2D eigenvalue weighted by Crippen LogP contribution is 2.24. The molecule has 1 aromatic carbocycles. The van der Waals surface area contributed by atoms with E-state index in [-0.39, 0.29) is 24.1 Å². The molecule has 184 valence electrons. The second kappa shape index (κ2) is 11.1. The molecule has 1 atom stereocenters. The van der Waals surface area contributed by atoms with Gasteiger partial charge in [-0.3, -0.25) is 14.2 Å². The van der Waals surface area contributed by atoms with E-state index >= 15 is 0 Å². The number of anilines is 1. The van der Waals surface area contributed by atoms with E-state index in [1.54, 1.807) is 0 Å². The highest BCUT2D eigenvalue weighted by atomic mass is 16.3. The summed E-state index contributed by atoms with van der Waals surface area (Å²) in [5, 5.41) is 14.4. The lowest BCUT2D eigenvalue weighted by Gasteiger charge is -2.38. The van der Waals surface area contributed by atoms with Crippen molar-refractivity contribution in [3.63, 3.8) is 0 Å². The maximum atomic E-state index is 12.7. The standard InChI is InChI=1S/C26H37N5O3/c1-21(18-29-13-5-6-14-29)28-23-17-25(33)31(20-27-23)19-26(34)11-15-30(16-12-26)24(32)10-9-22-7-3-2-4-8-22/h2-4,7-8,17,20-21,28,34H,5-6,9-16,18-19H2,1H3. The first kappa shape index (κ1) is 24.4. The van der Waals surface area contributed by atoms with E-state index in [2.05, 4.69) is 22.1 Å². The number of nitrogens with zero attached hydrogens (tertiary/aromatic N) is 4. The molecule has 2 saturated heterocycles. The van der Waals surface area contributed by atoms with Crippen LogP contribution < -0.4 is 10.9 Å². The molecule has 1 unspecified atom stereocenters. The maximum Gasteiger partial charge on any atom is 0.255 e. The van der Waals surface area contributed by atoms with Crippen LogP contribution in [-0.2, 0) is 17.8 Å². The molecule has 2 N–H and O–H groups in total. The van der Waals surface area contributed by atoms with E-state index in [0.29, 0.717) is 38.2 Å². The Labute approximate surface area is 201 Å². The van der Waals surface area contributed by atoms with E-state index in [4.69, 9.17) is 0 Å². The van der Waals surface area contributed by atoms with Crippen LogP contribution in [0, 0.1) is 0 Å². The fourth-order valence-corrected chi connectivity index (χ4v) is 4.98. The summed E-state index contributed by atoms with van der Waals surface area (Å²) < 4.78 is 1.48. The number of nitrogens with one attached hydrogen (secondary N) is 1. The smallest absolute Gasteiger partial charge is 0.255 e. The monoisotopic (exact) mass is 467 g/mol. The van der Waals surface area contributed by atoms with Crippen molar-refractivity contribution in [1.82, 2.24) is 19.4 Å². The number of benzene rings is 1. The molecule has 1 amide bonds. The predicted octanol–water partition coefficient (Wildman–Crippen LogP) is 2.13. The van der Waals surface area contributed by atoms with Crippen molar-refractivity contribution in [2.45, 2.75) is 63.6 Å². The topological polar surface area (TPSA) is 90.7 Å². The van der Waals surface area contributed by atoms with Gasteiger partial charge in [-0.25, -0.2) is 4.98 Å². The number of hydrogen-bond acceptors (Lipinski definition) is 6. The Bertz CT molecular complexity index is 995. The van der Waals surface area contributed by atoms with Gasteiger partial charge < -0.3 is 20.2 Å². The van der Waals surface area contributed by atoms with Gasteiger partial charge in [-0.2, -0.15) is 0 Å². The van der Waals surface area contributed by atoms with Gasteiger partial charge >= 0.3 is 0 Å². The highest BCUT2D eigenvalue weighted by Gasteiger charge is 2.34. The summed E-state index contributed by atoms with van der Waals surface area (Å²) in [7, 11) is 0. The average Bonchev–Trinajstić information content (AvgIpc) is 3.33. The molecule has 2 fully saturated rings. The van der Waals surface area contributed by atoms with E-state index < -0.39 is 5.60 Å². The average molecular weight is 468 g/mol. The zero-order valence-corrected chi connectivity index (χ0v) is 20.2. The third-order valence-corrected chi connectivity index (χ3v) is 6.99. The Kier molecular flexibility index (Phi) is 8.00. The van der Waals surface area contributed by atoms with Gasteiger partial charge in [-0.05, 0) is 57.7 Å². The largest absolute Gasteiger partial charge is 0.388 e. The number of carbonyl (C=O) groups is 1. The number of rotatable bonds is 9. The molecule has 8 heteroatoms. The maximum absolute atomic E-state index is 12.7. The van der Waals surface area contributed by atoms with Crippen LogP contribution in [0.25, 0.3) is 0 Å². The molecular formula is C26H37N5O3. The van der Waals surface area contributed by atoms with Crippen LogP contribution in [0.2, 0.25) is 0 Å². The summed E-state index contributed by atoms with van der Waals surface area (Å²) in [6.07, 6.45) is 6.11. The third kappa shape index (κ3) is 6.67. The fourth-order valence-electron chi connectivity index (χ4n) is 4.98. The van der Waals surface area contributed by atoms with E-state index in [1.807, 2.05) is 35.2 Å². The van der Waals surface area contributed by atoms with Crippen LogP contribution >= 0.6 is 0 Å². The van der Waals surface area contributed by atoms with Crippen LogP contribution in [0.4, 0.5) is 5.82 Å². The minimum atomic E-state index is -1.01. The second-order valence-corrected chi connectivity index (χ2v) is 9.88. The van der Waals surface area contributed by atoms with Crippen LogP contribution in [-0.4, -0.2) is 74.7 Å². The Morgan fingerprint density at radius 1 is 1.15 bits per heavy atom. The van der Waals surface area contributed by atoms with Crippen molar-refractivity contribution in [3.8, 4) is 0 Å². The lowest BCUT2D eigenvalue weighted by atomic mass is 9.91. The van der Waals surface area contributed by atoms with Gasteiger partial charge in [-0.15, -0.1) is 0 Å². The molecule has 1 aromatic heterocycles. The van der Waals surface area contributed by atoms with Crippen LogP contribution in [0.3, 0.4) is 0 Å². The predicted molar refractivity (Wildman–Crippen MR) is 133 cm³/mol. The van der Waals surface area contributed by atoms with Gasteiger partial charge in [0.05, 0.1) is 18.5 Å². The van der Waals surface area contributed by atoms with Crippen molar-refractivity contribution in [2.75, 3.05) is 38.0 Å². The number of aryl methyl sites for hydroxylation is 1. The Balaban J connectivity index is 1.25. The Morgan fingerprint density at radius 3 is 2.53 bits per heavy atom. The number of hydrogen-bond donors (Lipinski definition) is 2. The molecule has 8 nitrogen and oxygen atoms in total. The van der Waals surface area contributed by atoms with Crippen LogP contribution in [0.1, 0.15) is 44.6 Å². The first-order valence-electron chi connectivity index (χ1n) is 12.5. The van der Waals surface area contributed by atoms with E-state index in [9.17, 15) is 14.7 Å².